The number of carbonyl (C=O) groups is 4. The first-order valence-corrected chi connectivity index (χ1v) is 5.35. The van der Waals surface area contributed by atoms with Crippen molar-refractivity contribution < 1.29 is 29.4 Å². The van der Waals surface area contributed by atoms with Gasteiger partial charge in [-0.15, -0.1) is 0 Å². The van der Waals surface area contributed by atoms with Gasteiger partial charge in [0.1, 0.15) is 6.04 Å². The van der Waals surface area contributed by atoms with Crippen molar-refractivity contribution in [2.75, 3.05) is 0 Å². The fourth-order valence-electron chi connectivity index (χ4n) is 1.22. The van der Waals surface area contributed by atoms with E-state index in [9.17, 15) is 19.2 Å². The number of hydrogen-bond acceptors (Lipinski definition) is 4. The fourth-order valence-corrected chi connectivity index (χ4v) is 1.22. The molecule has 0 saturated carbocycles. The van der Waals surface area contributed by atoms with Gasteiger partial charge in [-0.2, -0.15) is 0 Å². The van der Waals surface area contributed by atoms with E-state index in [2.05, 4.69) is 5.32 Å². The Hall–Kier alpha value is -2.12. The van der Waals surface area contributed by atoms with Crippen LogP contribution in [0.15, 0.2) is 0 Å². The molecule has 0 aliphatic rings. The number of rotatable bonds is 9. The minimum Gasteiger partial charge on any atom is -0.481 e. The van der Waals surface area contributed by atoms with Gasteiger partial charge in [-0.1, -0.05) is 0 Å². The zero-order chi connectivity index (χ0) is 14.1. The lowest BCUT2D eigenvalue weighted by Gasteiger charge is -2.14. The maximum Gasteiger partial charge on any atom is 0.303 e. The highest BCUT2D eigenvalue weighted by Crippen LogP contribution is 2.00. The maximum atomic E-state index is 11.3. The maximum absolute atomic E-state index is 11.3. The van der Waals surface area contributed by atoms with Gasteiger partial charge in [0.25, 0.3) is 0 Å². The van der Waals surface area contributed by atoms with E-state index in [-0.39, 0.29) is 32.1 Å². The molecule has 0 saturated heterocycles. The summed E-state index contributed by atoms with van der Waals surface area (Å²) in [7, 11) is 0. The van der Waals surface area contributed by atoms with E-state index in [4.69, 9.17) is 15.9 Å². The van der Waals surface area contributed by atoms with Crippen LogP contribution in [-0.4, -0.2) is 40.0 Å². The summed E-state index contributed by atoms with van der Waals surface area (Å²) in [6, 6.07) is -1.04. The second kappa shape index (κ2) is 8.04. The summed E-state index contributed by atoms with van der Waals surface area (Å²) in [6.07, 6.45) is -0.434. The van der Waals surface area contributed by atoms with Crippen LogP contribution >= 0.6 is 0 Å². The average Bonchev–Trinajstić information content (AvgIpc) is 2.22. The zero-order valence-electron chi connectivity index (χ0n) is 9.72. The Labute approximate surface area is 103 Å². The molecule has 0 radical (unpaired) electrons. The number of aliphatic carboxylic acids is 2. The van der Waals surface area contributed by atoms with Crippen LogP contribution in [0.4, 0.5) is 0 Å². The Balaban J connectivity index is 4.07. The lowest BCUT2D eigenvalue weighted by Crippen LogP contribution is -2.44. The summed E-state index contributed by atoms with van der Waals surface area (Å²) in [6.45, 7) is 0. The lowest BCUT2D eigenvalue weighted by atomic mass is 10.1. The largest absolute Gasteiger partial charge is 0.481 e. The molecular weight excluding hydrogens is 244 g/mol. The normalized spacial score (nSPS) is 11.6. The highest BCUT2D eigenvalue weighted by Gasteiger charge is 2.18. The molecule has 2 amide bonds. The van der Waals surface area contributed by atoms with E-state index in [0.29, 0.717) is 0 Å². The van der Waals surface area contributed by atoms with Crippen molar-refractivity contribution >= 4 is 23.8 Å². The first-order chi connectivity index (χ1) is 8.32. The van der Waals surface area contributed by atoms with Crippen molar-refractivity contribution in [2.24, 2.45) is 5.73 Å². The third kappa shape index (κ3) is 8.08. The summed E-state index contributed by atoms with van der Waals surface area (Å²) < 4.78 is 0. The molecule has 0 fully saturated rings. The first kappa shape index (κ1) is 15.9. The molecule has 5 N–H and O–H groups in total. The van der Waals surface area contributed by atoms with Gasteiger partial charge in [-0.05, 0) is 12.8 Å². The van der Waals surface area contributed by atoms with E-state index in [1.807, 2.05) is 0 Å². The van der Waals surface area contributed by atoms with Crippen LogP contribution in [-0.2, 0) is 19.2 Å². The van der Waals surface area contributed by atoms with Gasteiger partial charge in [0, 0.05) is 19.3 Å². The van der Waals surface area contributed by atoms with Crippen LogP contribution in [0.3, 0.4) is 0 Å². The summed E-state index contributed by atoms with van der Waals surface area (Å²) in [5, 5.41) is 19.1. The number of carbonyl (C=O) groups excluding carboxylic acids is 2. The van der Waals surface area contributed by atoms with Gasteiger partial charge in [0.05, 0.1) is 0 Å². The molecule has 0 heterocycles. The summed E-state index contributed by atoms with van der Waals surface area (Å²) in [4.78, 5) is 42.8. The van der Waals surface area contributed by atoms with E-state index in [1.165, 1.54) is 0 Å². The second-order valence-electron chi connectivity index (χ2n) is 3.70. The Kier molecular flexibility index (Phi) is 7.10. The molecule has 0 aromatic heterocycles. The van der Waals surface area contributed by atoms with E-state index in [1.54, 1.807) is 0 Å². The standard InChI is InChI=1S/C10H16N2O6/c11-10(18)6(4-5-9(16)17)12-7(13)2-1-3-8(14)15/h6H,1-5H2,(H2,11,18)(H,12,13)(H,14,15)(H,16,17)/t6-/m0/s1. The van der Waals surface area contributed by atoms with Crippen LogP contribution in [0, 0.1) is 0 Å². The van der Waals surface area contributed by atoms with Crippen LogP contribution in [0.2, 0.25) is 0 Å². The summed E-state index contributed by atoms with van der Waals surface area (Å²) >= 11 is 0. The smallest absolute Gasteiger partial charge is 0.303 e. The van der Waals surface area contributed by atoms with Crippen molar-refractivity contribution in [1.82, 2.24) is 5.32 Å². The first-order valence-electron chi connectivity index (χ1n) is 5.35. The van der Waals surface area contributed by atoms with E-state index >= 15 is 0 Å². The van der Waals surface area contributed by atoms with Crippen LogP contribution in [0.5, 0.6) is 0 Å². The van der Waals surface area contributed by atoms with Crippen molar-refractivity contribution in [1.29, 1.82) is 0 Å². The predicted molar refractivity (Wildman–Crippen MR) is 59.5 cm³/mol. The number of nitrogens with two attached hydrogens (primary N) is 1. The number of amides is 2. The molecule has 0 unspecified atom stereocenters. The van der Waals surface area contributed by atoms with Gasteiger partial charge in [0.2, 0.25) is 11.8 Å². The van der Waals surface area contributed by atoms with E-state index in [0.717, 1.165) is 0 Å². The molecule has 102 valence electrons. The summed E-state index contributed by atoms with van der Waals surface area (Å²) in [5.41, 5.74) is 5.01. The molecule has 0 rings (SSSR count). The molecule has 0 spiro atoms. The van der Waals surface area contributed by atoms with Gasteiger partial charge in [0.15, 0.2) is 0 Å². The topological polar surface area (TPSA) is 147 Å². The third-order valence-corrected chi connectivity index (χ3v) is 2.12. The Morgan fingerprint density at radius 3 is 2.00 bits per heavy atom. The van der Waals surface area contributed by atoms with Crippen molar-refractivity contribution in [3.8, 4) is 0 Å². The van der Waals surface area contributed by atoms with Crippen LogP contribution in [0.1, 0.15) is 32.1 Å². The average molecular weight is 260 g/mol. The fraction of sp³-hybridized carbons (Fsp3) is 0.600. The van der Waals surface area contributed by atoms with Crippen LogP contribution < -0.4 is 11.1 Å². The number of carboxylic acid groups (broad SMARTS) is 2. The molecule has 0 aliphatic heterocycles. The molecule has 0 bridgehead atoms. The number of carboxylic acids is 2. The molecule has 18 heavy (non-hydrogen) atoms. The number of hydrogen-bond donors (Lipinski definition) is 4. The third-order valence-electron chi connectivity index (χ3n) is 2.12. The molecule has 1 atom stereocenters. The summed E-state index contributed by atoms with van der Waals surface area (Å²) in [5.74, 6) is -3.45. The highest BCUT2D eigenvalue weighted by atomic mass is 16.4. The van der Waals surface area contributed by atoms with Crippen molar-refractivity contribution in [2.45, 2.75) is 38.1 Å². The van der Waals surface area contributed by atoms with Gasteiger partial charge in [-0.3, -0.25) is 19.2 Å². The Bertz CT molecular complexity index is 341. The highest BCUT2D eigenvalue weighted by molar-refractivity contribution is 5.87. The number of nitrogens with one attached hydrogen (secondary N) is 1. The quantitative estimate of drug-likeness (QED) is 0.421. The Morgan fingerprint density at radius 1 is 1.00 bits per heavy atom. The minimum atomic E-state index is -1.10. The SMILES string of the molecule is NC(=O)[C@H](CCC(=O)O)NC(=O)CCCC(=O)O. The Morgan fingerprint density at radius 2 is 1.56 bits per heavy atom. The number of primary amides is 1. The molecule has 0 aromatic carbocycles. The van der Waals surface area contributed by atoms with Crippen LogP contribution in [0.25, 0.3) is 0 Å². The molecule has 8 nitrogen and oxygen atoms in total. The zero-order valence-corrected chi connectivity index (χ0v) is 9.72. The molecule has 8 heteroatoms. The second-order valence-corrected chi connectivity index (χ2v) is 3.70. The van der Waals surface area contributed by atoms with Crippen molar-refractivity contribution in [3.63, 3.8) is 0 Å². The lowest BCUT2D eigenvalue weighted by molar-refractivity contribution is -0.139. The molecule has 0 aliphatic carbocycles. The molecule has 0 aromatic rings. The van der Waals surface area contributed by atoms with Gasteiger partial charge in [-0.25, -0.2) is 0 Å². The van der Waals surface area contributed by atoms with Gasteiger partial charge < -0.3 is 21.3 Å². The van der Waals surface area contributed by atoms with Gasteiger partial charge >= 0.3 is 11.9 Å². The van der Waals surface area contributed by atoms with E-state index < -0.39 is 29.8 Å². The minimum absolute atomic E-state index is 0.0524. The monoisotopic (exact) mass is 260 g/mol. The molecular formula is C10H16N2O6. The predicted octanol–water partition coefficient (Wildman–Crippen LogP) is -0.924. The van der Waals surface area contributed by atoms with Crippen molar-refractivity contribution in [3.05, 3.63) is 0 Å².